The second kappa shape index (κ2) is 10.6. The zero-order valence-electron chi connectivity index (χ0n) is 17.7. The number of nitrogens with zero attached hydrogens (tertiary/aromatic N) is 3. The number of aromatic nitrogens is 3. The maximum Gasteiger partial charge on any atom is 0.573 e. The molecule has 0 unspecified atom stereocenters. The number of halogens is 3. The Morgan fingerprint density at radius 3 is 2.58 bits per heavy atom. The molecule has 1 aliphatic rings. The highest BCUT2D eigenvalue weighted by Crippen LogP contribution is 2.33. The van der Waals surface area contributed by atoms with Crippen molar-refractivity contribution in [2.24, 2.45) is 0 Å². The lowest BCUT2D eigenvalue weighted by Crippen LogP contribution is -2.18. The fourth-order valence-corrected chi connectivity index (χ4v) is 5.39. The predicted molar refractivity (Wildman–Crippen MR) is 122 cm³/mol. The quantitative estimate of drug-likeness (QED) is 0.384. The Balaban J connectivity index is 1.40. The lowest BCUT2D eigenvalue weighted by molar-refractivity contribution is -0.274. The molecule has 0 bridgehead atoms. The van der Waals surface area contributed by atoms with Crippen LogP contribution in [0.15, 0.2) is 46.9 Å². The average molecular weight is 497 g/mol. The van der Waals surface area contributed by atoms with Crippen LogP contribution in [0.3, 0.4) is 0 Å². The van der Waals surface area contributed by atoms with Crippen molar-refractivity contribution < 1.29 is 22.7 Å². The van der Waals surface area contributed by atoms with Crippen molar-refractivity contribution in [3.63, 3.8) is 0 Å². The number of rotatable bonds is 8. The molecule has 0 aliphatic heterocycles. The molecule has 2 aromatic heterocycles. The molecule has 3 aromatic rings. The second-order valence-corrected chi connectivity index (χ2v) is 9.70. The maximum atomic E-state index is 12.5. The molecule has 1 saturated carbocycles. The van der Waals surface area contributed by atoms with E-state index in [1.54, 1.807) is 11.3 Å². The highest BCUT2D eigenvalue weighted by atomic mass is 32.2. The van der Waals surface area contributed by atoms with Gasteiger partial charge in [0.15, 0.2) is 5.16 Å². The van der Waals surface area contributed by atoms with Gasteiger partial charge in [0.1, 0.15) is 11.6 Å². The summed E-state index contributed by atoms with van der Waals surface area (Å²) in [7, 11) is 0. The lowest BCUT2D eigenvalue weighted by Gasteiger charge is -2.25. The molecule has 1 aromatic carbocycles. The third kappa shape index (κ3) is 6.73. The molecular formula is C22H23F3N4O2S2. The topological polar surface area (TPSA) is 69.0 Å². The zero-order valence-corrected chi connectivity index (χ0v) is 19.3. The third-order valence-electron chi connectivity index (χ3n) is 5.29. The normalized spacial score (nSPS) is 14.9. The minimum absolute atomic E-state index is 0.116. The van der Waals surface area contributed by atoms with Crippen LogP contribution in [0.2, 0.25) is 0 Å². The maximum absolute atomic E-state index is 12.5. The van der Waals surface area contributed by atoms with E-state index in [4.69, 9.17) is 0 Å². The van der Waals surface area contributed by atoms with Crippen molar-refractivity contribution in [1.82, 2.24) is 14.8 Å². The molecule has 2 heterocycles. The van der Waals surface area contributed by atoms with E-state index in [2.05, 4.69) is 30.9 Å². The van der Waals surface area contributed by atoms with E-state index in [-0.39, 0.29) is 17.4 Å². The van der Waals surface area contributed by atoms with Gasteiger partial charge in [0.2, 0.25) is 5.91 Å². The van der Waals surface area contributed by atoms with Crippen molar-refractivity contribution in [2.45, 2.75) is 56.1 Å². The minimum atomic E-state index is -4.75. The predicted octanol–water partition coefficient (Wildman–Crippen LogP) is 6.07. The first kappa shape index (κ1) is 23.6. The molecule has 1 amide bonds. The average Bonchev–Trinajstić information content (AvgIpc) is 3.43. The van der Waals surface area contributed by atoms with Crippen LogP contribution < -0.4 is 10.1 Å². The second-order valence-electron chi connectivity index (χ2n) is 7.73. The molecule has 1 N–H and O–H groups in total. The smallest absolute Gasteiger partial charge is 0.406 e. The summed E-state index contributed by atoms with van der Waals surface area (Å²) in [6.07, 6.45) is 1.66. The molecule has 4 rings (SSSR count). The van der Waals surface area contributed by atoms with Crippen molar-refractivity contribution in [3.8, 4) is 5.75 Å². The first-order valence-electron chi connectivity index (χ1n) is 10.6. The van der Waals surface area contributed by atoms with Crippen LogP contribution in [0.1, 0.15) is 48.8 Å². The largest absolute Gasteiger partial charge is 0.573 e. The highest BCUT2D eigenvalue weighted by molar-refractivity contribution is 7.99. The summed E-state index contributed by atoms with van der Waals surface area (Å²) >= 11 is 3.00. The summed E-state index contributed by atoms with van der Waals surface area (Å²) in [5.74, 6) is 0.411. The standard InChI is InChI=1S/C22H23F3N4O2S2/c23-22(24,25)31-17-10-8-15(9-11-17)26-20(30)14-33-21-28-27-19(13-18-7-4-12-32-18)29(21)16-5-2-1-3-6-16/h4,7-12,16H,1-3,5-6,13-14H2,(H,26,30). The number of benzene rings is 1. The summed E-state index contributed by atoms with van der Waals surface area (Å²) in [4.78, 5) is 13.7. The first-order chi connectivity index (χ1) is 15.9. The van der Waals surface area contributed by atoms with Gasteiger partial charge in [0.25, 0.3) is 0 Å². The molecule has 0 atom stereocenters. The molecule has 1 aliphatic carbocycles. The summed E-state index contributed by atoms with van der Waals surface area (Å²) in [6.45, 7) is 0. The molecule has 6 nitrogen and oxygen atoms in total. The number of alkyl halides is 3. The van der Waals surface area contributed by atoms with Crippen molar-refractivity contribution >= 4 is 34.7 Å². The molecule has 11 heteroatoms. The number of carbonyl (C=O) groups is 1. The Hall–Kier alpha value is -2.53. The van der Waals surface area contributed by atoms with Gasteiger partial charge in [-0.1, -0.05) is 37.1 Å². The van der Waals surface area contributed by atoms with Gasteiger partial charge in [-0.15, -0.1) is 34.7 Å². The molecule has 1 fully saturated rings. The van der Waals surface area contributed by atoms with Crippen LogP contribution >= 0.6 is 23.1 Å². The van der Waals surface area contributed by atoms with Gasteiger partial charge < -0.3 is 14.6 Å². The zero-order chi connectivity index (χ0) is 23.3. The Morgan fingerprint density at radius 2 is 1.91 bits per heavy atom. The highest BCUT2D eigenvalue weighted by Gasteiger charge is 2.31. The van der Waals surface area contributed by atoms with Gasteiger partial charge in [-0.3, -0.25) is 4.79 Å². The van der Waals surface area contributed by atoms with E-state index >= 15 is 0 Å². The van der Waals surface area contributed by atoms with Crippen molar-refractivity contribution in [3.05, 3.63) is 52.5 Å². The van der Waals surface area contributed by atoms with Gasteiger partial charge >= 0.3 is 6.36 Å². The van der Waals surface area contributed by atoms with Gasteiger partial charge in [-0.05, 0) is 48.6 Å². The fourth-order valence-electron chi connectivity index (χ4n) is 3.87. The lowest BCUT2D eigenvalue weighted by atomic mass is 9.95. The first-order valence-corrected chi connectivity index (χ1v) is 12.5. The number of carbonyl (C=O) groups excluding carboxylic acids is 1. The van der Waals surface area contributed by atoms with Crippen LogP contribution in [0, 0.1) is 0 Å². The fraction of sp³-hybridized carbons (Fsp3) is 0.409. The number of hydrogen-bond acceptors (Lipinski definition) is 6. The number of amides is 1. The Bertz CT molecular complexity index is 1050. The van der Waals surface area contributed by atoms with Gasteiger partial charge in [0, 0.05) is 23.0 Å². The Labute approximate surface area is 197 Å². The minimum Gasteiger partial charge on any atom is -0.406 e. The van der Waals surface area contributed by atoms with Crippen LogP contribution in [0.25, 0.3) is 0 Å². The summed E-state index contributed by atoms with van der Waals surface area (Å²) < 4.78 is 42.9. The molecule has 176 valence electrons. The van der Waals surface area contributed by atoms with E-state index in [0.717, 1.165) is 36.0 Å². The summed E-state index contributed by atoms with van der Waals surface area (Å²) in [5.41, 5.74) is 0.391. The number of nitrogens with one attached hydrogen (secondary N) is 1. The molecule has 0 spiro atoms. The number of thiophene rings is 1. The molecule has 0 saturated heterocycles. The Morgan fingerprint density at radius 1 is 1.15 bits per heavy atom. The molecule has 33 heavy (non-hydrogen) atoms. The number of anilines is 1. The monoisotopic (exact) mass is 496 g/mol. The Kier molecular flexibility index (Phi) is 7.59. The number of ether oxygens (including phenoxy) is 1. The molecule has 0 radical (unpaired) electrons. The van der Waals surface area contributed by atoms with Crippen molar-refractivity contribution in [1.29, 1.82) is 0 Å². The van der Waals surface area contributed by atoms with E-state index in [0.29, 0.717) is 18.2 Å². The van der Waals surface area contributed by atoms with Crippen molar-refractivity contribution in [2.75, 3.05) is 11.1 Å². The van der Waals surface area contributed by atoms with E-state index in [1.165, 1.54) is 48.0 Å². The van der Waals surface area contributed by atoms with E-state index < -0.39 is 6.36 Å². The SMILES string of the molecule is O=C(CSc1nnc(Cc2cccs2)n1C1CCCCC1)Nc1ccc(OC(F)(F)F)cc1. The van der Waals surface area contributed by atoms with E-state index in [9.17, 15) is 18.0 Å². The number of thioether (sulfide) groups is 1. The van der Waals surface area contributed by atoms with Crippen LogP contribution in [0.5, 0.6) is 5.75 Å². The third-order valence-corrected chi connectivity index (χ3v) is 7.11. The summed E-state index contributed by atoms with van der Waals surface area (Å²) in [6, 6.07) is 9.48. The van der Waals surface area contributed by atoms with Gasteiger partial charge in [-0.25, -0.2) is 0 Å². The van der Waals surface area contributed by atoms with Gasteiger partial charge in [0.05, 0.1) is 5.75 Å². The van der Waals surface area contributed by atoms with E-state index in [1.807, 2.05) is 11.4 Å². The van der Waals surface area contributed by atoms with Crippen LogP contribution in [0.4, 0.5) is 18.9 Å². The van der Waals surface area contributed by atoms with Crippen LogP contribution in [-0.4, -0.2) is 32.8 Å². The summed E-state index contributed by atoms with van der Waals surface area (Å²) in [5, 5.41) is 14.3. The van der Waals surface area contributed by atoms with Gasteiger partial charge in [-0.2, -0.15) is 0 Å². The number of hydrogen-bond donors (Lipinski definition) is 1. The van der Waals surface area contributed by atoms with Crippen LogP contribution in [-0.2, 0) is 11.2 Å². The molecular weight excluding hydrogens is 473 g/mol.